The van der Waals surface area contributed by atoms with Gasteiger partial charge in [-0.1, -0.05) is 48.0 Å². The molecule has 220 valence electrons. The number of rotatable bonds is 17. The summed E-state index contributed by atoms with van der Waals surface area (Å²) in [5, 5.41) is 5.99. The highest BCUT2D eigenvalue weighted by atomic mass is 16.5. The second kappa shape index (κ2) is 17.0. The van der Waals surface area contributed by atoms with E-state index in [9.17, 15) is 9.59 Å². The Labute approximate surface area is 244 Å². The van der Waals surface area contributed by atoms with E-state index >= 15 is 0 Å². The smallest absolute Gasteiger partial charge is 0.220 e. The summed E-state index contributed by atoms with van der Waals surface area (Å²) in [6.45, 7) is 3.23. The van der Waals surface area contributed by atoms with Gasteiger partial charge in [-0.2, -0.15) is 0 Å². The monoisotopic (exact) mass is 560 g/mol. The van der Waals surface area contributed by atoms with Crippen LogP contribution >= 0.6 is 0 Å². The van der Waals surface area contributed by atoms with Gasteiger partial charge in [0.1, 0.15) is 5.75 Å². The first-order valence-corrected chi connectivity index (χ1v) is 14.4. The van der Waals surface area contributed by atoms with Crippen molar-refractivity contribution >= 4 is 11.8 Å². The van der Waals surface area contributed by atoms with Crippen molar-refractivity contribution in [3.05, 3.63) is 88.5 Å². The molecule has 0 aliphatic rings. The van der Waals surface area contributed by atoms with E-state index in [1.165, 1.54) is 11.1 Å². The van der Waals surface area contributed by atoms with Crippen molar-refractivity contribution < 1.29 is 23.8 Å². The van der Waals surface area contributed by atoms with E-state index in [1.807, 2.05) is 30.3 Å². The van der Waals surface area contributed by atoms with Gasteiger partial charge in [0.05, 0.1) is 21.3 Å². The zero-order valence-electron chi connectivity index (χ0n) is 24.9. The van der Waals surface area contributed by atoms with Gasteiger partial charge >= 0.3 is 0 Å². The largest absolute Gasteiger partial charge is 0.497 e. The molecule has 0 atom stereocenters. The summed E-state index contributed by atoms with van der Waals surface area (Å²) in [5.74, 6) is 2.31. The van der Waals surface area contributed by atoms with E-state index in [2.05, 4.69) is 47.9 Å². The molecule has 0 aromatic heterocycles. The van der Waals surface area contributed by atoms with Crippen LogP contribution in [0.15, 0.2) is 60.7 Å². The van der Waals surface area contributed by atoms with Crippen molar-refractivity contribution in [1.82, 2.24) is 10.6 Å². The number of amides is 2. The van der Waals surface area contributed by atoms with E-state index in [0.717, 1.165) is 47.5 Å². The van der Waals surface area contributed by atoms with Crippen molar-refractivity contribution in [1.29, 1.82) is 0 Å². The highest BCUT2D eigenvalue weighted by Crippen LogP contribution is 2.34. The first kappa shape index (κ1) is 31.5. The van der Waals surface area contributed by atoms with Crippen LogP contribution in [-0.4, -0.2) is 46.2 Å². The molecule has 7 heteroatoms. The van der Waals surface area contributed by atoms with Crippen LogP contribution in [0.5, 0.6) is 17.2 Å². The Morgan fingerprint density at radius 2 is 1.37 bits per heavy atom. The minimum Gasteiger partial charge on any atom is -0.497 e. The van der Waals surface area contributed by atoms with Crippen LogP contribution in [0, 0.1) is 6.92 Å². The van der Waals surface area contributed by atoms with Crippen molar-refractivity contribution in [2.45, 2.75) is 58.3 Å². The molecule has 0 aliphatic carbocycles. The Morgan fingerprint density at radius 1 is 0.683 bits per heavy atom. The van der Waals surface area contributed by atoms with Crippen LogP contribution in [0.3, 0.4) is 0 Å². The summed E-state index contributed by atoms with van der Waals surface area (Å²) in [6.07, 6.45) is 5.36. The molecule has 0 unspecified atom stereocenters. The number of hydrogen-bond acceptors (Lipinski definition) is 5. The summed E-state index contributed by atoms with van der Waals surface area (Å²) < 4.78 is 16.4. The van der Waals surface area contributed by atoms with Gasteiger partial charge in [-0.05, 0) is 80.3 Å². The number of unbranched alkanes of at least 4 members (excludes halogenated alkanes) is 1. The lowest BCUT2D eigenvalue weighted by Gasteiger charge is -2.17. The second-order valence-corrected chi connectivity index (χ2v) is 10.2. The van der Waals surface area contributed by atoms with Gasteiger partial charge in [0.2, 0.25) is 11.8 Å². The Morgan fingerprint density at radius 3 is 1.98 bits per heavy atom. The minimum absolute atomic E-state index is 0.00620. The van der Waals surface area contributed by atoms with Gasteiger partial charge in [-0.3, -0.25) is 9.59 Å². The van der Waals surface area contributed by atoms with Crippen LogP contribution < -0.4 is 24.8 Å². The second-order valence-electron chi connectivity index (χ2n) is 10.2. The fourth-order valence-electron chi connectivity index (χ4n) is 4.90. The number of methoxy groups -OCH3 is 3. The molecule has 0 spiro atoms. The lowest BCUT2D eigenvalue weighted by atomic mass is 9.96. The molecule has 3 rings (SSSR count). The highest BCUT2D eigenvalue weighted by Gasteiger charge is 2.15. The van der Waals surface area contributed by atoms with Crippen LogP contribution in [0.4, 0.5) is 0 Å². The molecular weight excluding hydrogens is 516 g/mol. The highest BCUT2D eigenvalue weighted by molar-refractivity contribution is 5.77. The third-order valence-corrected chi connectivity index (χ3v) is 7.16. The molecule has 2 amide bonds. The lowest BCUT2D eigenvalue weighted by molar-refractivity contribution is -0.123. The number of ether oxygens (including phenoxy) is 3. The van der Waals surface area contributed by atoms with Gasteiger partial charge in [0.15, 0.2) is 11.5 Å². The fourth-order valence-corrected chi connectivity index (χ4v) is 4.90. The summed E-state index contributed by atoms with van der Waals surface area (Å²) in [6, 6.07) is 20.4. The molecule has 3 aromatic rings. The summed E-state index contributed by atoms with van der Waals surface area (Å²) in [4.78, 5) is 24.6. The maximum Gasteiger partial charge on any atom is 0.220 e. The molecule has 41 heavy (non-hydrogen) atoms. The molecular formula is C34H44N2O5. The molecule has 0 heterocycles. The molecule has 0 saturated carbocycles. The molecule has 0 saturated heterocycles. The van der Waals surface area contributed by atoms with E-state index < -0.39 is 0 Å². The number of carbonyl (C=O) groups excluding carboxylic acids is 2. The fraction of sp³-hybridized carbons (Fsp3) is 0.412. The van der Waals surface area contributed by atoms with Crippen LogP contribution in [-0.2, 0) is 35.3 Å². The Bertz CT molecular complexity index is 1260. The molecule has 0 bridgehead atoms. The SMILES string of the molecule is COc1ccc(CCNC(=O)CCCCC(=O)NCCc2ccc(OC)c(OC)c2CCc2cccc(C)c2)cc1. The minimum atomic E-state index is 0.00620. The molecule has 0 radical (unpaired) electrons. The standard InChI is InChI=1S/C34H44N2O5/c1-25-8-7-9-27(24-25)14-18-30-28(15-19-31(40-3)34(30)41-4)21-23-36-33(38)11-6-5-10-32(37)35-22-20-26-12-16-29(39-2)17-13-26/h7-9,12-13,15-17,19,24H,5-6,10-11,14,18,20-23H2,1-4H3,(H,35,37)(H,36,38). The Balaban J connectivity index is 1.38. The van der Waals surface area contributed by atoms with E-state index in [-0.39, 0.29) is 11.8 Å². The average molecular weight is 561 g/mol. The van der Waals surface area contributed by atoms with E-state index in [0.29, 0.717) is 50.9 Å². The van der Waals surface area contributed by atoms with Crippen molar-refractivity contribution in [2.24, 2.45) is 0 Å². The normalized spacial score (nSPS) is 10.6. The Hall–Kier alpha value is -4.00. The maximum atomic E-state index is 12.4. The predicted octanol–water partition coefficient (Wildman–Crippen LogP) is 5.38. The number of nitrogens with one attached hydrogen (secondary N) is 2. The van der Waals surface area contributed by atoms with Crippen LogP contribution in [0.25, 0.3) is 0 Å². The van der Waals surface area contributed by atoms with Gasteiger partial charge in [0, 0.05) is 31.5 Å². The predicted molar refractivity (Wildman–Crippen MR) is 163 cm³/mol. The third kappa shape index (κ3) is 10.5. The van der Waals surface area contributed by atoms with Gasteiger partial charge in [-0.25, -0.2) is 0 Å². The van der Waals surface area contributed by atoms with Gasteiger partial charge in [0.25, 0.3) is 0 Å². The average Bonchev–Trinajstić information content (AvgIpc) is 2.98. The number of aryl methyl sites for hydroxylation is 2. The zero-order valence-corrected chi connectivity index (χ0v) is 24.9. The number of hydrogen-bond donors (Lipinski definition) is 2. The molecule has 0 aliphatic heterocycles. The van der Waals surface area contributed by atoms with Gasteiger partial charge < -0.3 is 24.8 Å². The summed E-state index contributed by atoms with van der Waals surface area (Å²) in [5.41, 5.74) is 5.92. The van der Waals surface area contributed by atoms with Crippen LogP contribution in [0.2, 0.25) is 0 Å². The van der Waals surface area contributed by atoms with Crippen molar-refractivity contribution in [3.8, 4) is 17.2 Å². The molecule has 7 nitrogen and oxygen atoms in total. The van der Waals surface area contributed by atoms with Crippen molar-refractivity contribution in [3.63, 3.8) is 0 Å². The topological polar surface area (TPSA) is 85.9 Å². The van der Waals surface area contributed by atoms with Crippen LogP contribution in [0.1, 0.15) is 53.5 Å². The molecule has 2 N–H and O–H groups in total. The first-order valence-electron chi connectivity index (χ1n) is 14.4. The van der Waals surface area contributed by atoms with E-state index in [1.54, 1.807) is 21.3 Å². The first-order chi connectivity index (χ1) is 19.9. The summed E-state index contributed by atoms with van der Waals surface area (Å²) in [7, 11) is 4.96. The van der Waals surface area contributed by atoms with Crippen molar-refractivity contribution in [2.75, 3.05) is 34.4 Å². The maximum absolute atomic E-state index is 12.4. The zero-order chi connectivity index (χ0) is 29.5. The molecule has 3 aromatic carbocycles. The number of carbonyl (C=O) groups is 2. The van der Waals surface area contributed by atoms with E-state index in [4.69, 9.17) is 14.2 Å². The Kier molecular flexibility index (Phi) is 13.0. The summed E-state index contributed by atoms with van der Waals surface area (Å²) >= 11 is 0. The number of benzene rings is 3. The quantitative estimate of drug-likeness (QED) is 0.217. The molecule has 0 fully saturated rings. The van der Waals surface area contributed by atoms with Gasteiger partial charge in [-0.15, -0.1) is 0 Å². The lowest BCUT2D eigenvalue weighted by Crippen LogP contribution is -2.26. The third-order valence-electron chi connectivity index (χ3n) is 7.16.